The van der Waals surface area contributed by atoms with Crippen LogP contribution in [0, 0.1) is 0 Å². The van der Waals surface area contributed by atoms with E-state index < -0.39 is 5.97 Å². The summed E-state index contributed by atoms with van der Waals surface area (Å²) in [5.74, 6) is -1.16. The molecule has 0 aliphatic carbocycles. The third kappa shape index (κ3) is 4.10. The Kier molecular flexibility index (Phi) is 6.16. The van der Waals surface area contributed by atoms with Crippen molar-refractivity contribution in [1.82, 2.24) is 4.90 Å². The molecule has 0 spiro atoms. The fraction of sp³-hybridized carbons (Fsp3) is 0.320. The molecule has 1 saturated heterocycles. The lowest BCUT2D eigenvalue weighted by Gasteiger charge is -2.20. The molecule has 0 unspecified atom stereocenters. The van der Waals surface area contributed by atoms with Crippen LogP contribution in [0.1, 0.15) is 48.5 Å². The van der Waals surface area contributed by atoms with Crippen molar-refractivity contribution in [3.05, 3.63) is 71.4 Å². The molecule has 31 heavy (non-hydrogen) atoms. The van der Waals surface area contributed by atoms with Gasteiger partial charge in [-0.2, -0.15) is 0 Å². The Balaban J connectivity index is 1.68. The minimum Gasteiger partial charge on any atom is -0.462 e. The summed E-state index contributed by atoms with van der Waals surface area (Å²) in [7, 11) is 0. The van der Waals surface area contributed by atoms with Crippen LogP contribution in [-0.4, -0.2) is 42.4 Å². The first-order valence-electron chi connectivity index (χ1n) is 10.8. The van der Waals surface area contributed by atoms with Crippen molar-refractivity contribution >= 4 is 29.0 Å². The number of esters is 1. The van der Waals surface area contributed by atoms with Crippen LogP contribution in [0.4, 0.5) is 5.69 Å². The third-order valence-electron chi connectivity index (χ3n) is 5.62. The predicted octanol–water partition coefficient (Wildman–Crippen LogP) is 4.02. The fourth-order valence-corrected chi connectivity index (χ4v) is 4.02. The molecule has 6 nitrogen and oxygen atoms in total. The highest BCUT2D eigenvalue weighted by atomic mass is 16.5. The van der Waals surface area contributed by atoms with Gasteiger partial charge in [0.05, 0.1) is 23.4 Å². The molecule has 160 valence electrons. The van der Waals surface area contributed by atoms with E-state index in [0.29, 0.717) is 29.1 Å². The number of hydrogen-bond acceptors (Lipinski definition) is 5. The van der Waals surface area contributed by atoms with Crippen molar-refractivity contribution in [2.45, 2.75) is 32.6 Å². The van der Waals surface area contributed by atoms with E-state index in [4.69, 9.17) is 4.74 Å². The standard InChI is InChI=1S/C25H26N2O4/c1-2-3-16-31-25(30)19-12-9-13-20(17-19)27-23(28)21(18-10-5-4-6-11-18)22(24(27)29)26-14-7-8-15-26/h4-6,9-13,17H,2-3,7-8,14-16H2,1H3. The van der Waals surface area contributed by atoms with Crippen molar-refractivity contribution in [1.29, 1.82) is 0 Å². The molecule has 1 fully saturated rings. The first-order chi connectivity index (χ1) is 15.1. The van der Waals surface area contributed by atoms with E-state index in [1.165, 1.54) is 4.90 Å². The first-order valence-corrected chi connectivity index (χ1v) is 10.8. The predicted molar refractivity (Wildman–Crippen MR) is 118 cm³/mol. The minimum atomic E-state index is -0.453. The Hall–Kier alpha value is -3.41. The van der Waals surface area contributed by atoms with Gasteiger partial charge in [-0.1, -0.05) is 49.7 Å². The lowest BCUT2D eigenvalue weighted by atomic mass is 10.0. The van der Waals surface area contributed by atoms with Crippen LogP contribution in [0.3, 0.4) is 0 Å². The van der Waals surface area contributed by atoms with Gasteiger partial charge in [-0.05, 0) is 43.0 Å². The van der Waals surface area contributed by atoms with Crippen LogP contribution in [0.15, 0.2) is 60.3 Å². The number of likely N-dealkylation sites (tertiary alicyclic amines) is 1. The summed E-state index contributed by atoms with van der Waals surface area (Å²) in [4.78, 5) is 42.5. The number of imide groups is 1. The van der Waals surface area contributed by atoms with Crippen molar-refractivity contribution < 1.29 is 19.1 Å². The summed E-state index contributed by atoms with van der Waals surface area (Å²) in [6.45, 7) is 3.87. The zero-order valence-electron chi connectivity index (χ0n) is 17.7. The number of ether oxygens (including phenoxy) is 1. The number of benzene rings is 2. The summed E-state index contributed by atoms with van der Waals surface area (Å²) in [6, 6.07) is 15.8. The zero-order valence-corrected chi connectivity index (χ0v) is 17.7. The smallest absolute Gasteiger partial charge is 0.338 e. The van der Waals surface area contributed by atoms with Gasteiger partial charge in [-0.3, -0.25) is 9.59 Å². The van der Waals surface area contributed by atoms with E-state index in [2.05, 4.69) is 0 Å². The number of carbonyl (C=O) groups is 3. The quantitative estimate of drug-likeness (QED) is 0.386. The second-order valence-electron chi connectivity index (χ2n) is 7.77. The average Bonchev–Trinajstić information content (AvgIpc) is 3.40. The molecule has 2 aromatic carbocycles. The highest BCUT2D eigenvalue weighted by molar-refractivity contribution is 6.45. The van der Waals surface area contributed by atoms with Gasteiger partial charge in [0.25, 0.3) is 11.8 Å². The third-order valence-corrected chi connectivity index (χ3v) is 5.62. The van der Waals surface area contributed by atoms with Gasteiger partial charge in [0.2, 0.25) is 0 Å². The molecule has 0 N–H and O–H groups in total. The average molecular weight is 418 g/mol. The van der Waals surface area contributed by atoms with Crippen molar-refractivity contribution in [2.24, 2.45) is 0 Å². The van der Waals surface area contributed by atoms with Crippen molar-refractivity contribution in [2.75, 3.05) is 24.6 Å². The number of anilines is 1. The number of nitrogens with zero attached hydrogens (tertiary/aromatic N) is 2. The molecule has 4 rings (SSSR count). The largest absolute Gasteiger partial charge is 0.462 e. The summed E-state index contributed by atoms with van der Waals surface area (Å²) in [6.07, 6.45) is 3.70. The second-order valence-corrected chi connectivity index (χ2v) is 7.77. The lowest BCUT2D eigenvalue weighted by Crippen LogP contribution is -2.34. The van der Waals surface area contributed by atoms with E-state index in [-0.39, 0.29) is 11.8 Å². The molecule has 6 heteroatoms. The molecule has 2 aromatic rings. The molecule has 2 amide bonds. The normalized spacial score (nSPS) is 16.4. The van der Waals surface area contributed by atoms with E-state index in [1.807, 2.05) is 42.2 Å². The fourth-order valence-electron chi connectivity index (χ4n) is 4.02. The molecule has 2 aliphatic rings. The van der Waals surface area contributed by atoms with Crippen LogP contribution in [0.25, 0.3) is 5.57 Å². The van der Waals surface area contributed by atoms with E-state index >= 15 is 0 Å². The molecule has 2 aliphatic heterocycles. The van der Waals surface area contributed by atoms with Crippen molar-refractivity contribution in [3.63, 3.8) is 0 Å². The number of rotatable bonds is 7. The van der Waals surface area contributed by atoms with Gasteiger partial charge in [0.15, 0.2) is 0 Å². The summed E-state index contributed by atoms with van der Waals surface area (Å²) >= 11 is 0. The summed E-state index contributed by atoms with van der Waals surface area (Å²) in [5.41, 5.74) is 2.29. The Labute approximate surface area is 182 Å². The molecular formula is C25H26N2O4. The highest BCUT2D eigenvalue weighted by Crippen LogP contribution is 2.36. The van der Waals surface area contributed by atoms with E-state index in [9.17, 15) is 14.4 Å². The molecule has 0 atom stereocenters. The maximum absolute atomic E-state index is 13.5. The summed E-state index contributed by atoms with van der Waals surface area (Å²) in [5, 5.41) is 0. The number of carbonyl (C=O) groups excluding carboxylic acids is 3. The van der Waals surface area contributed by atoms with Gasteiger partial charge < -0.3 is 9.64 Å². The molecular weight excluding hydrogens is 392 g/mol. The molecule has 2 heterocycles. The monoisotopic (exact) mass is 418 g/mol. The van der Waals surface area contributed by atoms with Gasteiger partial charge in [0.1, 0.15) is 5.70 Å². The summed E-state index contributed by atoms with van der Waals surface area (Å²) < 4.78 is 5.29. The van der Waals surface area contributed by atoms with Crippen LogP contribution in [0.5, 0.6) is 0 Å². The van der Waals surface area contributed by atoms with Gasteiger partial charge in [0, 0.05) is 13.1 Å². The van der Waals surface area contributed by atoms with Crippen molar-refractivity contribution in [3.8, 4) is 0 Å². The molecule has 0 saturated carbocycles. The lowest BCUT2D eigenvalue weighted by molar-refractivity contribution is -0.120. The van der Waals surface area contributed by atoms with Crippen LogP contribution < -0.4 is 4.90 Å². The second kappa shape index (κ2) is 9.16. The Morgan fingerprint density at radius 3 is 2.42 bits per heavy atom. The highest BCUT2D eigenvalue weighted by Gasteiger charge is 2.43. The maximum Gasteiger partial charge on any atom is 0.338 e. The van der Waals surface area contributed by atoms with Crippen LogP contribution in [0.2, 0.25) is 0 Å². The van der Waals surface area contributed by atoms with Crippen LogP contribution >= 0.6 is 0 Å². The Morgan fingerprint density at radius 2 is 1.71 bits per heavy atom. The van der Waals surface area contributed by atoms with Gasteiger partial charge in [-0.15, -0.1) is 0 Å². The number of hydrogen-bond donors (Lipinski definition) is 0. The van der Waals surface area contributed by atoms with Crippen LogP contribution in [-0.2, 0) is 14.3 Å². The topological polar surface area (TPSA) is 66.9 Å². The van der Waals surface area contributed by atoms with Gasteiger partial charge >= 0.3 is 5.97 Å². The SMILES string of the molecule is CCCCOC(=O)c1cccc(N2C(=O)C(c3ccccc3)=C(N3CCCC3)C2=O)c1. The van der Waals surface area contributed by atoms with E-state index in [1.54, 1.807) is 24.3 Å². The maximum atomic E-state index is 13.5. The number of unbranched alkanes of at least 4 members (excludes halogenated alkanes) is 1. The molecule has 0 radical (unpaired) electrons. The molecule has 0 bridgehead atoms. The first kappa shape index (κ1) is 20.8. The minimum absolute atomic E-state index is 0.324. The zero-order chi connectivity index (χ0) is 21.8. The molecule has 0 aromatic heterocycles. The van der Waals surface area contributed by atoms with Gasteiger partial charge in [-0.25, -0.2) is 9.69 Å². The Bertz CT molecular complexity index is 1020. The Morgan fingerprint density at radius 1 is 0.968 bits per heavy atom. The van der Waals surface area contributed by atoms with E-state index in [0.717, 1.165) is 44.3 Å². The number of amides is 2.